The van der Waals surface area contributed by atoms with Crippen LogP contribution in [0.1, 0.15) is 84.5 Å². The van der Waals surface area contributed by atoms with Crippen LogP contribution in [0.4, 0.5) is 0 Å². The van der Waals surface area contributed by atoms with Crippen molar-refractivity contribution in [2.45, 2.75) is 127 Å². The number of aliphatic hydroxyl groups excluding tert-OH is 5. The summed E-state index contributed by atoms with van der Waals surface area (Å²) < 4.78 is 10.9. The number of carbonyl (C=O) groups excluding carboxylic acids is 1. The molecule has 0 aromatic rings. The maximum atomic E-state index is 12.2. The number of aliphatic hydroxyl groups is 5. The van der Waals surface area contributed by atoms with Crippen molar-refractivity contribution in [3.8, 4) is 0 Å². The van der Waals surface area contributed by atoms with Crippen molar-refractivity contribution in [1.82, 2.24) is 5.32 Å². The first-order valence-electron chi connectivity index (χ1n) is 12.2. The molecule has 1 heterocycles. The smallest absolute Gasteiger partial charge is 0.220 e. The van der Waals surface area contributed by atoms with Crippen molar-refractivity contribution in [1.29, 1.82) is 0 Å². The van der Waals surface area contributed by atoms with Crippen LogP contribution < -0.4 is 5.32 Å². The summed E-state index contributed by atoms with van der Waals surface area (Å²) in [6.07, 6.45) is 2.51. The van der Waals surface area contributed by atoms with Gasteiger partial charge in [-0.15, -0.1) is 0 Å². The molecule has 1 aliphatic heterocycles. The third kappa shape index (κ3) is 10.4. The Morgan fingerprint density at radius 3 is 2.19 bits per heavy atom. The fourth-order valence-corrected chi connectivity index (χ4v) is 3.78. The summed E-state index contributed by atoms with van der Waals surface area (Å²) in [6.45, 7) is 3.47. The van der Waals surface area contributed by atoms with E-state index in [1.807, 2.05) is 6.92 Å². The summed E-state index contributed by atoms with van der Waals surface area (Å²) in [6, 6.07) is -0.702. The van der Waals surface area contributed by atoms with E-state index in [2.05, 4.69) is 12.2 Å². The van der Waals surface area contributed by atoms with E-state index in [1.54, 1.807) is 0 Å². The lowest BCUT2D eigenvalue weighted by molar-refractivity contribution is -0.302. The Morgan fingerprint density at radius 2 is 1.56 bits per heavy atom. The van der Waals surface area contributed by atoms with E-state index in [0.717, 1.165) is 32.1 Å². The lowest BCUT2D eigenvalue weighted by Crippen LogP contribution is -2.60. The van der Waals surface area contributed by atoms with Gasteiger partial charge in [-0.1, -0.05) is 65.2 Å². The molecule has 0 spiro atoms. The molecule has 0 saturated carbocycles. The van der Waals surface area contributed by atoms with Crippen LogP contribution in [0.15, 0.2) is 0 Å². The molecule has 9 nitrogen and oxygen atoms in total. The Hall–Kier alpha value is -0.810. The molecule has 1 fully saturated rings. The zero-order chi connectivity index (χ0) is 23.9. The van der Waals surface area contributed by atoms with Gasteiger partial charge >= 0.3 is 0 Å². The molecule has 190 valence electrons. The summed E-state index contributed by atoms with van der Waals surface area (Å²) in [5, 5.41) is 52.7. The van der Waals surface area contributed by atoms with Gasteiger partial charge in [-0.25, -0.2) is 0 Å². The van der Waals surface area contributed by atoms with Crippen LogP contribution in [0.3, 0.4) is 0 Å². The van der Waals surface area contributed by atoms with E-state index < -0.39 is 49.5 Å². The SMILES string of the molecule is CCCCCCCCCC(O)C(COC1OC(CO)C(O)C(O)C1O)NC(=O)CCCC. The molecule has 0 radical (unpaired) electrons. The maximum absolute atomic E-state index is 12.2. The fourth-order valence-electron chi connectivity index (χ4n) is 3.78. The normalized spacial score (nSPS) is 27.8. The molecule has 0 aliphatic carbocycles. The highest BCUT2D eigenvalue weighted by Crippen LogP contribution is 2.22. The first kappa shape index (κ1) is 29.2. The highest BCUT2D eigenvalue weighted by Gasteiger charge is 2.44. The van der Waals surface area contributed by atoms with E-state index in [-0.39, 0.29) is 12.5 Å². The summed E-state index contributed by atoms with van der Waals surface area (Å²) in [5.41, 5.74) is 0. The van der Waals surface area contributed by atoms with Crippen LogP contribution in [0.5, 0.6) is 0 Å². The molecule has 0 aromatic heterocycles. The average molecular weight is 464 g/mol. The maximum Gasteiger partial charge on any atom is 0.220 e. The van der Waals surface area contributed by atoms with Gasteiger partial charge in [0, 0.05) is 6.42 Å². The second-order valence-electron chi connectivity index (χ2n) is 8.79. The summed E-state index contributed by atoms with van der Waals surface area (Å²) in [7, 11) is 0. The average Bonchev–Trinajstić information content (AvgIpc) is 2.79. The lowest BCUT2D eigenvalue weighted by Gasteiger charge is -2.40. The van der Waals surface area contributed by atoms with Crippen LogP contribution in [0.2, 0.25) is 0 Å². The molecule has 32 heavy (non-hydrogen) atoms. The third-order valence-electron chi connectivity index (χ3n) is 5.96. The Labute approximate surface area is 192 Å². The topological polar surface area (TPSA) is 149 Å². The third-order valence-corrected chi connectivity index (χ3v) is 5.96. The van der Waals surface area contributed by atoms with Gasteiger partial charge < -0.3 is 40.3 Å². The molecular weight excluding hydrogens is 418 g/mol. The highest BCUT2D eigenvalue weighted by molar-refractivity contribution is 5.76. The number of amides is 1. The number of hydrogen-bond acceptors (Lipinski definition) is 8. The fraction of sp³-hybridized carbons (Fsp3) is 0.957. The first-order chi connectivity index (χ1) is 15.3. The van der Waals surface area contributed by atoms with E-state index >= 15 is 0 Å². The monoisotopic (exact) mass is 463 g/mol. The number of unbranched alkanes of at least 4 members (excludes halogenated alkanes) is 7. The standard InChI is InChI=1S/C23H45NO8/c1-3-5-7-8-9-10-11-12-17(26)16(24-19(27)13-6-4-2)15-31-23-22(30)21(29)20(28)18(14-25)32-23/h16-18,20-23,25-26,28-30H,3-15H2,1-2H3,(H,24,27). The van der Waals surface area contributed by atoms with Gasteiger partial charge in [0.2, 0.25) is 5.91 Å². The van der Waals surface area contributed by atoms with E-state index in [0.29, 0.717) is 12.8 Å². The van der Waals surface area contributed by atoms with Gasteiger partial charge in [-0.3, -0.25) is 4.79 Å². The molecule has 7 unspecified atom stereocenters. The van der Waals surface area contributed by atoms with E-state index in [9.17, 15) is 30.3 Å². The van der Waals surface area contributed by atoms with Crippen molar-refractivity contribution in [2.24, 2.45) is 0 Å². The summed E-state index contributed by atoms with van der Waals surface area (Å²) >= 11 is 0. The van der Waals surface area contributed by atoms with Crippen LogP contribution in [0, 0.1) is 0 Å². The summed E-state index contributed by atoms with van der Waals surface area (Å²) in [4.78, 5) is 12.2. The van der Waals surface area contributed by atoms with Gasteiger partial charge in [0.25, 0.3) is 0 Å². The second kappa shape index (κ2) is 16.7. The Balaban J connectivity index is 2.59. The molecule has 1 amide bonds. The number of carbonyl (C=O) groups is 1. The minimum atomic E-state index is -1.54. The number of hydrogen-bond donors (Lipinski definition) is 6. The van der Waals surface area contributed by atoms with Crippen molar-refractivity contribution in [3.63, 3.8) is 0 Å². The number of ether oxygens (including phenoxy) is 2. The van der Waals surface area contributed by atoms with Crippen LogP contribution >= 0.6 is 0 Å². The van der Waals surface area contributed by atoms with Crippen molar-refractivity contribution >= 4 is 5.91 Å². The van der Waals surface area contributed by atoms with Crippen molar-refractivity contribution in [3.05, 3.63) is 0 Å². The molecule has 0 bridgehead atoms. The lowest BCUT2D eigenvalue weighted by atomic mass is 9.99. The summed E-state index contributed by atoms with van der Waals surface area (Å²) in [5.74, 6) is -0.187. The molecule has 7 atom stereocenters. The van der Waals surface area contributed by atoms with Crippen molar-refractivity contribution in [2.75, 3.05) is 13.2 Å². The predicted octanol–water partition coefficient (Wildman–Crippen LogP) is 0.979. The van der Waals surface area contributed by atoms with E-state index in [1.165, 1.54) is 25.7 Å². The molecule has 0 aromatic carbocycles. The largest absolute Gasteiger partial charge is 0.394 e. The quantitative estimate of drug-likeness (QED) is 0.175. The van der Waals surface area contributed by atoms with Crippen LogP contribution in [-0.4, -0.2) is 87.5 Å². The molecule has 1 saturated heterocycles. The molecule has 6 N–H and O–H groups in total. The molecule has 1 aliphatic rings. The van der Waals surface area contributed by atoms with Gasteiger partial charge in [0.05, 0.1) is 25.4 Å². The van der Waals surface area contributed by atoms with Gasteiger partial charge in [-0.2, -0.15) is 0 Å². The number of nitrogens with one attached hydrogen (secondary N) is 1. The Kier molecular flexibility index (Phi) is 15.3. The molecule has 9 heteroatoms. The zero-order valence-electron chi connectivity index (χ0n) is 19.7. The molecular formula is C23H45NO8. The predicted molar refractivity (Wildman–Crippen MR) is 120 cm³/mol. The van der Waals surface area contributed by atoms with Gasteiger partial charge in [0.1, 0.15) is 24.4 Å². The Morgan fingerprint density at radius 1 is 0.938 bits per heavy atom. The highest BCUT2D eigenvalue weighted by atomic mass is 16.7. The Bertz CT molecular complexity index is 493. The zero-order valence-corrected chi connectivity index (χ0v) is 19.7. The van der Waals surface area contributed by atoms with Gasteiger partial charge in [0.15, 0.2) is 6.29 Å². The van der Waals surface area contributed by atoms with E-state index in [4.69, 9.17) is 9.47 Å². The van der Waals surface area contributed by atoms with Gasteiger partial charge in [-0.05, 0) is 12.8 Å². The minimum absolute atomic E-state index is 0.141. The molecule has 1 rings (SSSR count). The second-order valence-corrected chi connectivity index (χ2v) is 8.79. The number of rotatable bonds is 17. The van der Waals surface area contributed by atoms with Crippen LogP contribution in [-0.2, 0) is 14.3 Å². The van der Waals surface area contributed by atoms with Crippen molar-refractivity contribution < 1.29 is 39.8 Å². The van der Waals surface area contributed by atoms with Crippen LogP contribution in [0.25, 0.3) is 0 Å². The minimum Gasteiger partial charge on any atom is -0.394 e. The first-order valence-corrected chi connectivity index (χ1v) is 12.2.